The molecule has 14 heavy (non-hydrogen) atoms. The van der Waals surface area contributed by atoms with Crippen LogP contribution in [0.3, 0.4) is 0 Å². The van der Waals surface area contributed by atoms with E-state index in [-0.39, 0.29) is 6.04 Å². The highest BCUT2D eigenvalue weighted by atomic mass is 15.6. The number of hydrogen-bond acceptors (Lipinski definition) is 3. The van der Waals surface area contributed by atoms with E-state index in [1.165, 1.54) is 0 Å². The predicted molar refractivity (Wildman–Crippen MR) is 53.6 cm³/mol. The fourth-order valence-electron chi connectivity index (χ4n) is 1.15. The van der Waals surface area contributed by atoms with E-state index >= 15 is 0 Å². The third-order valence-electron chi connectivity index (χ3n) is 1.92. The van der Waals surface area contributed by atoms with Crippen molar-refractivity contribution >= 4 is 0 Å². The van der Waals surface area contributed by atoms with Crippen LogP contribution in [0.15, 0.2) is 30.3 Å². The Kier molecular flexibility index (Phi) is 2.26. The molecule has 0 fully saturated rings. The first kappa shape index (κ1) is 8.87. The minimum atomic E-state index is 0.250. The Hall–Kier alpha value is -1.71. The average molecular weight is 188 g/mol. The molecule has 0 saturated heterocycles. The first-order valence-electron chi connectivity index (χ1n) is 4.62. The maximum Gasteiger partial charge on any atom is 0.204 e. The van der Waals surface area contributed by atoms with Crippen molar-refractivity contribution in [3.8, 4) is 11.4 Å². The second-order valence-electron chi connectivity index (χ2n) is 3.39. The molecule has 1 aromatic heterocycles. The minimum Gasteiger partial charge on any atom is -0.161 e. The van der Waals surface area contributed by atoms with Crippen molar-refractivity contribution in [2.75, 3.05) is 0 Å². The second kappa shape index (κ2) is 3.57. The van der Waals surface area contributed by atoms with Gasteiger partial charge in [-0.15, -0.1) is 10.2 Å². The maximum absolute atomic E-state index is 4.27. The van der Waals surface area contributed by atoms with Crippen molar-refractivity contribution in [3.05, 3.63) is 30.3 Å². The third-order valence-corrected chi connectivity index (χ3v) is 1.92. The Morgan fingerprint density at radius 1 is 1.14 bits per heavy atom. The fraction of sp³-hybridized carbons (Fsp3) is 0.300. The summed E-state index contributed by atoms with van der Waals surface area (Å²) in [7, 11) is 0. The highest BCUT2D eigenvalue weighted by Crippen LogP contribution is 2.12. The molecule has 0 spiro atoms. The lowest BCUT2D eigenvalue weighted by molar-refractivity contribution is 0.455. The molecular weight excluding hydrogens is 176 g/mol. The van der Waals surface area contributed by atoms with Gasteiger partial charge in [0.2, 0.25) is 5.82 Å². The fourth-order valence-corrected chi connectivity index (χ4v) is 1.15. The van der Waals surface area contributed by atoms with Gasteiger partial charge in [0.25, 0.3) is 0 Å². The van der Waals surface area contributed by atoms with Crippen molar-refractivity contribution in [2.24, 2.45) is 0 Å². The smallest absolute Gasteiger partial charge is 0.161 e. The lowest BCUT2D eigenvalue weighted by Crippen LogP contribution is -2.04. The standard InChI is InChI=1S/C10H12N4/c1-8(2)14-12-10(11-13-14)9-6-4-3-5-7-9/h3-8H,1-2H3. The van der Waals surface area contributed by atoms with Gasteiger partial charge in [0.1, 0.15) is 0 Å². The summed E-state index contributed by atoms with van der Waals surface area (Å²) in [6.45, 7) is 4.05. The molecule has 1 heterocycles. The van der Waals surface area contributed by atoms with Crippen LogP contribution in [0.1, 0.15) is 19.9 Å². The molecule has 0 amide bonds. The number of aromatic nitrogens is 4. The molecule has 4 heteroatoms. The van der Waals surface area contributed by atoms with Gasteiger partial charge in [0.05, 0.1) is 6.04 Å². The molecular formula is C10H12N4. The van der Waals surface area contributed by atoms with Crippen molar-refractivity contribution in [1.82, 2.24) is 20.2 Å². The molecule has 0 aliphatic rings. The van der Waals surface area contributed by atoms with Crippen LogP contribution >= 0.6 is 0 Å². The summed E-state index contributed by atoms with van der Waals surface area (Å²) in [5.74, 6) is 0.680. The molecule has 0 aliphatic carbocycles. The lowest BCUT2D eigenvalue weighted by Gasteiger charge is -1.98. The normalized spacial score (nSPS) is 10.8. The van der Waals surface area contributed by atoms with Crippen LogP contribution in [-0.2, 0) is 0 Å². The zero-order chi connectivity index (χ0) is 9.97. The van der Waals surface area contributed by atoms with E-state index in [1.807, 2.05) is 44.2 Å². The van der Waals surface area contributed by atoms with Gasteiger partial charge >= 0.3 is 0 Å². The third kappa shape index (κ3) is 1.64. The van der Waals surface area contributed by atoms with Gasteiger partial charge in [-0.3, -0.25) is 0 Å². The number of benzene rings is 1. The maximum atomic E-state index is 4.27. The van der Waals surface area contributed by atoms with Crippen LogP contribution in [0.2, 0.25) is 0 Å². The van der Waals surface area contributed by atoms with Gasteiger partial charge in [0.15, 0.2) is 0 Å². The molecule has 0 atom stereocenters. The topological polar surface area (TPSA) is 43.6 Å². The van der Waals surface area contributed by atoms with Gasteiger partial charge in [-0.05, 0) is 19.1 Å². The summed E-state index contributed by atoms with van der Waals surface area (Å²) < 4.78 is 0. The second-order valence-corrected chi connectivity index (χ2v) is 3.39. The summed E-state index contributed by atoms with van der Waals surface area (Å²) >= 11 is 0. The van der Waals surface area contributed by atoms with E-state index in [9.17, 15) is 0 Å². The van der Waals surface area contributed by atoms with Crippen LogP contribution in [-0.4, -0.2) is 20.2 Å². The van der Waals surface area contributed by atoms with Crippen LogP contribution in [0.25, 0.3) is 11.4 Å². The minimum absolute atomic E-state index is 0.250. The van der Waals surface area contributed by atoms with E-state index in [1.54, 1.807) is 4.80 Å². The van der Waals surface area contributed by atoms with E-state index in [4.69, 9.17) is 0 Å². The van der Waals surface area contributed by atoms with Crippen LogP contribution < -0.4 is 0 Å². The van der Waals surface area contributed by atoms with Crippen LogP contribution in [0.4, 0.5) is 0 Å². The van der Waals surface area contributed by atoms with Gasteiger partial charge < -0.3 is 0 Å². The van der Waals surface area contributed by atoms with Crippen LogP contribution in [0.5, 0.6) is 0 Å². The van der Waals surface area contributed by atoms with Gasteiger partial charge in [0, 0.05) is 5.56 Å². The summed E-state index contributed by atoms with van der Waals surface area (Å²) in [6.07, 6.45) is 0. The van der Waals surface area contributed by atoms with Gasteiger partial charge in [-0.1, -0.05) is 30.3 Å². The molecule has 2 rings (SSSR count). The Balaban J connectivity index is 2.34. The molecule has 4 nitrogen and oxygen atoms in total. The Labute approximate surface area is 82.6 Å². The van der Waals surface area contributed by atoms with Gasteiger partial charge in [-0.25, -0.2) is 0 Å². The van der Waals surface area contributed by atoms with Crippen molar-refractivity contribution in [3.63, 3.8) is 0 Å². The van der Waals surface area contributed by atoms with Crippen LogP contribution in [0, 0.1) is 0 Å². The SMILES string of the molecule is CC(C)n1nnc(-c2ccccc2)n1. The van der Waals surface area contributed by atoms with Crippen molar-refractivity contribution in [2.45, 2.75) is 19.9 Å². The summed E-state index contributed by atoms with van der Waals surface area (Å²) in [5.41, 5.74) is 0.999. The molecule has 0 radical (unpaired) electrons. The van der Waals surface area contributed by atoms with E-state index < -0.39 is 0 Å². The molecule has 0 aliphatic heterocycles. The Morgan fingerprint density at radius 2 is 1.86 bits per heavy atom. The molecule has 1 aromatic carbocycles. The van der Waals surface area contributed by atoms with E-state index in [2.05, 4.69) is 15.4 Å². The molecule has 2 aromatic rings. The zero-order valence-electron chi connectivity index (χ0n) is 8.25. The molecule has 0 bridgehead atoms. The highest BCUT2D eigenvalue weighted by Gasteiger charge is 2.06. The summed E-state index contributed by atoms with van der Waals surface area (Å²) in [4.78, 5) is 1.61. The highest BCUT2D eigenvalue weighted by molar-refractivity contribution is 5.52. The number of nitrogens with zero attached hydrogens (tertiary/aromatic N) is 4. The number of hydrogen-bond donors (Lipinski definition) is 0. The van der Waals surface area contributed by atoms with Gasteiger partial charge in [-0.2, -0.15) is 4.80 Å². The first-order valence-corrected chi connectivity index (χ1v) is 4.62. The Bertz CT molecular complexity index is 405. The summed E-state index contributed by atoms with van der Waals surface area (Å²) in [5, 5.41) is 12.2. The number of tetrazole rings is 1. The quantitative estimate of drug-likeness (QED) is 0.723. The zero-order valence-corrected chi connectivity index (χ0v) is 8.25. The average Bonchev–Trinajstić information content (AvgIpc) is 2.68. The largest absolute Gasteiger partial charge is 0.204 e. The molecule has 0 saturated carbocycles. The number of rotatable bonds is 2. The lowest BCUT2D eigenvalue weighted by atomic mass is 10.2. The summed E-state index contributed by atoms with van der Waals surface area (Å²) in [6, 6.07) is 10.1. The predicted octanol–water partition coefficient (Wildman–Crippen LogP) is 1.92. The first-order chi connectivity index (χ1) is 6.77. The molecule has 72 valence electrons. The molecule has 0 unspecified atom stereocenters. The van der Waals surface area contributed by atoms with E-state index in [0.717, 1.165) is 5.56 Å². The van der Waals surface area contributed by atoms with Crippen molar-refractivity contribution < 1.29 is 0 Å². The Morgan fingerprint density at radius 3 is 2.43 bits per heavy atom. The van der Waals surface area contributed by atoms with Crippen molar-refractivity contribution in [1.29, 1.82) is 0 Å². The molecule has 0 N–H and O–H groups in total. The van der Waals surface area contributed by atoms with E-state index in [0.29, 0.717) is 5.82 Å². The monoisotopic (exact) mass is 188 g/mol.